The van der Waals surface area contributed by atoms with Crippen molar-refractivity contribution in [2.45, 2.75) is 37.6 Å². The molecule has 0 saturated carbocycles. The Morgan fingerprint density at radius 3 is 2.69 bits per heavy atom. The molecule has 0 heterocycles. The Balaban J connectivity index is 2.17. The number of nitrogens with one attached hydrogen (secondary N) is 1. The van der Waals surface area contributed by atoms with Crippen molar-refractivity contribution in [3.8, 4) is 0 Å². The van der Waals surface area contributed by atoms with Gasteiger partial charge in [0.15, 0.2) is 0 Å². The summed E-state index contributed by atoms with van der Waals surface area (Å²) < 4.78 is 1.16. The van der Waals surface area contributed by atoms with E-state index < -0.39 is 0 Å². The van der Waals surface area contributed by atoms with E-state index in [1.165, 1.54) is 17.1 Å². The summed E-state index contributed by atoms with van der Waals surface area (Å²) in [4.78, 5) is 1.34. The Hall–Kier alpha value is 0.01000. The molecule has 0 fully saturated rings. The molecule has 1 rings (SSSR count). The third-order valence-electron chi connectivity index (χ3n) is 2.04. The average molecular weight is 302 g/mol. The molecule has 1 aromatic rings. The van der Waals surface area contributed by atoms with Gasteiger partial charge in [0.2, 0.25) is 0 Å². The van der Waals surface area contributed by atoms with E-state index >= 15 is 0 Å². The van der Waals surface area contributed by atoms with Crippen molar-refractivity contribution in [2.24, 2.45) is 0 Å². The summed E-state index contributed by atoms with van der Waals surface area (Å²) in [6, 6.07) is 8.47. The molecule has 0 radical (unpaired) electrons. The van der Waals surface area contributed by atoms with Gasteiger partial charge in [0, 0.05) is 14.9 Å². The van der Waals surface area contributed by atoms with Crippen LogP contribution in [0.4, 0.5) is 0 Å². The zero-order valence-corrected chi connectivity index (χ0v) is 12.6. The van der Waals surface area contributed by atoms with Gasteiger partial charge in [0.05, 0.1) is 0 Å². The van der Waals surface area contributed by atoms with Gasteiger partial charge < -0.3 is 5.32 Å². The molecule has 1 nitrogen and oxygen atoms in total. The summed E-state index contributed by atoms with van der Waals surface area (Å²) in [6.45, 7) is 7.70. The molecule has 16 heavy (non-hydrogen) atoms. The topological polar surface area (TPSA) is 12.0 Å². The van der Waals surface area contributed by atoms with Gasteiger partial charge in [-0.1, -0.05) is 22.0 Å². The first kappa shape index (κ1) is 14.1. The standard InChI is InChI=1S/C13H20BrNS/c1-13(2,3)15-8-5-9-16-12-7-4-6-11(14)10-12/h4,6-7,10,15H,5,8-9H2,1-3H3. The molecule has 0 aromatic heterocycles. The largest absolute Gasteiger partial charge is 0.312 e. The number of hydrogen-bond donors (Lipinski definition) is 1. The molecule has 90 valence electrons. The minimum Gasteiger partial charge on any atom is -0.312 e. The van der Waals surface area contributed by atoms with Crippen LogP contribution in [0.2, 0.25) is 0 Å². The summed E-state index contributed by atoms with van der Waals surface area (Å²) in [5.74, 6) is 1.17. The molecule has 0 bridgehead atoms. The summed E-state index contributed by atoms with van der Waals surface area (Å²) in [5.41, 5.74) is 0.237. The lowest BCUT2D eigenvalue weighted by Crippen LogP contribution is -2.36. The fourth-order valence-corrected chi connectivity index (χ4v) is 2.74. The lowest BCUT2D eigenvalue weighted by atomic mass is 10.1. The quantitative estimate of drug-likeness (QED) is 0.642. The lowest BCUT2D eigenvalue weighted by Gasteiger charge is -2.20. The Bertz CT molecular complexity index is 320. The van der Waals surface area contributed by atoms with Gasteiger partial charge in [0.25, 0.3) is 0 Å². The lowest BCUT2D eigenvalue weighted by molar-refractivity contribution is 0.427. The van der Waals surface area contributed by atoms with Crippen LogP contribution < -0.4 is 5.32 Å². The highest BCUT2D eigenvalue weighted by atomic mass is 79.9. The maximum Gasteiger partial charge on any atom is 0.0186 e. The van der Waals surface area contributed by atoms with Crippen LogP contribution >= 0.6 is 27.7 Å². The van der Waals surface area contributed by atoms with Gasteiger partial charge in [-0.05, 0) is 57.7 Å². The van der Waals surface area contributed by atoms with Crippen molar-refractivity contribution >= 4 is 27.7 Å². The Labute approximate surface area is 112 Å². The smallest absolute Gasteiger partial charge is 0.0186 e. The Morgan fingerprint density at radius 1 is 1.31 bits per heavy atom. The first-order chi connectivity index (χ1) is 7.47. The highest BCUT2D eigenvalue weighted by Gasteiger charge is 2.06. The maximum atomic E-state index is 3.50. The molecule has 3 heteroatoms. The van der Waals surface area contributed by atoms with Crippen molar-refractivity contribution < 1.29 is 0 Å². The van der Waals surface area contributed by atoms with E-state index in [1.807, 2.05) is 11.8 Å². The first-order valence-corrected chi connectivity index (χ1v) is 7.39. The van der Waals surface area contributed by atoms with E-state index in [4.69, 9.17) is 0 Å². The van der Waals surface area contributed by atoms with Crippen LogP contribution in [-0.2, 0) is 0 Å². The van der Waals surface area contributed by atoms with E-state index in [1.54, 1.807) is 0 Å². The number of halogens is 1. The molecular weight excluding hydrogens is 282 g/mol. The van der Waals surface area contributed by atoms with Gasteiger partial charge in [-0.3, -0.25) is 0 Å². The zero-order chi connectivity index (χ0) is 12.0. The molecule has 0 unspecified atom stereocenters. The van der Waals surface area contributed by atoms with Crippen molar-refractivity contribution in [3.05, 3.63) is 28.7 Å². The normalized spacial score (nSPS) is 11.8. The molecule has 0 atom stereocenters. The Kier molecular flexibility index (Phi) is 5.87. The predicted octanol–water partition coefficient (Wildman–Crippen LogP) is 4.32. The fourth-order valence-electron chi connectivity index (χ4n) is 1.28. The molecular formula is C13H20BrNS. The van der Waals surface area contributed by atoms with Crippen molar-refractivity contribution in [2.75, 3.05) is 12.3 Å². The maximum absolute atomic E-state index is 3.50. The summed E-state index contributed by atoms with van der Waals surface area (Å²) in [6.07, 6.45) is 1.20. The zero-order valence-electron chi connectivity index (χ0n) is 10.2. The highest BCUT2D eigenvalue weighted by molar-refractivity contribution is 9.10. The SMILES string of the molecule is CC(C)(C)NCCCSc1cccc(Br)c1. The number of hydrogen-bond acceptors (Lipinski definition) is 2. The minimum absolute atomic E-state index is 0.237. The molecule has 0 aliphatic rings. The third kappa shape index (κ3) is 6.56. The summed E-state index contributed by atoms with van der Waals surface area (Å²) in [7, 11) is 0. The molecule has 0 saturated heterocycles. The van der Waals surface area contributed by atoms with Crippen LogP contribution in [0.1, 0.15) is 27.2 Å². The monoisotopic (exact) mass is 301 g/mol. The van der Waals surface area contributed by atoms with Crippen LogP contribution in [-0.4, -0.2) is 17.8 Å². The van der Waals surface area contributed by atoms with Crippen LogP contribution in [0.25, 0.3) is 0 Å². The van der Waals surface area contributed by atoms with Crippen molar-refractivity contribution in [1.82, 2.24) is 5.32 Å². The second-order valence-electron chi connectivity index (χ2n) is 4.84. The number of thioether (sulfide) groups is 1. The van der Waals surface area contributed by atoms with Crippen LogP contribution in [0, 0.1) is 0 Å². The second-order valence-corrected chi connectivity index (χ2v) is 6.92. The van der Waals surface area contributed by atoms with E-state index in [9.17, 15) is 0 Å². The van der Waals surface area contributed by atoms with Gasteiger partial charge >= 0.3 is 0 Å². The number of rotatable bonds is 5. The first-order valence-electron chi connectivity index (χ1n) is 5.61. The Morgan fingerprint density at radius 2 is 2.06 bits per heavy atom. The predicted molar refractivity (Wildman–Crippen MR) is 77.2 cm³/mol. The fraction of sp³-hybridized carbons (Fsp3) is 0.538. The summed E-state index contributed by atoms with van der Waals surface area (Å²) >= 11 is 5.40. The minimum atomic E-state index is 0.237. The van der Waals surface area contributed by atoms with Crippen LogP contribution in [0.15, 0.2) is 33.6 Å². The van der Waals surface area contributed by atoms with E-state index in [0.29, 0.717) is 0 Å². The van der Waals surface area contributed by atoms with E-state index in [-0.39, 0.29) is 5.54 Å². The highest BCUT2D eigenvalue weighted by Crippen LogP contribution is 2.22. The van der Waals surface area contributed by atoms with E-state index in [0.717, 1.165) is 11.0 Å². The van der Waals surface area contributed by atoms with Gasteiger partial charge in [-0.25, -0.2) is 0 Å². The van der Waals surface area contributed by atoms with Gasteiger partial charge in [-0.2, -0.15) is 0 Å². The molecule has 1 aromatic carbocycles. The van der Waals surface area contributed by atoms with Crippen LogP contribution in [0.5, 0.6) is 0 Å². The van der Waals surface area contributed by atoms with Crippen LogP contribution in [0.3, 0.4) is 0 Å². The number of benzene rings is 1. The molecule has 0 spiro atoms. The summed E-state index contributed by atoms with van der Waals surface area (Å²) in [5, 5.41) is 3.50. The van der Waals surface area contributed by atoms with E-state index in [2.05, 4.69) is 66.3 Å². The average Bonchev–Trinajstić information content (AvgIpc) is 2.15. The molecule has 0 aliphatic carbocycles. The third-order valence-corrected chi connectivity index (χ3v) is 3.61. The molecule has 0 aliphatic heterocycles. The van der Waals surface area contributed by atoms with Gasteiger partial charge in [0.1, 0.15) is 0 Å². The van der Waals surface area contributed by atoms with Gasteiger partial charge in [-0.15, -0.1) is 11.8 Å². The molecule has 1 N–H and O–H groups in total. The van der Waals surface area contributed by atoms with Crippen molar-refractivity contribution in [3.63, 3.8) is 0 Å². The molecule has 0 amide bonds. The van der Waals surface area contributed by atoms with Crippen molar-refractivity contribution in [1.29, 1.82) is 0 Å². The second kappa shape index (κ2) is 6.67.